The zero-order valence-corrected chi connectivity index (χ0v) is 14.4. The Kier molecular flexibility index (Phi) is 4.33. The molecule has 134 valence electrons. The van der Waals surface area contributed by atoms with Gasteiger partial charge < -0.3 is 9.73 Å². The third-order valence-electron chi connectivity index (χ3n) is 3.90. The van der Waals surface area contributed by atoms with Crippen LogP contribution in [0.1, 0.15) is 10.4 Å². The smallest absolute Gasteiger partial charge is 0.255 e. The van der Waals surface area contributed by atoms with E-state index in [-0.39, 0.29) is 5.56 Å². The van der Waals surface area contributed by atoms with E-state index in [1.165, 1.54) is 6.07 Å². The monoisotopic (exact) mass is 384 g/mol. The number of hydrogen-bond acceptors (Lipinski definition) is 3. The molecule has 0 saturated carbocycles. The number of nitrogens with zero attached hydrogens (tertiary/aromatic N) is 1. The van der Waals surface area contributed by atoms with Crippen LogP contribution in [0.2, 0.25) is 5.02 Å². The lowest BCUT2D eigenvalue weighted by Gasteiger charge is -2.05. The summed E-state index contributed by atoms with van der Waals surface area (Å²) in [6, 6.07) is 15.0. The van der Waals surface area contributed by atoms with Crippen LogP contribution in [-0.2, 0) is 0 Å². The summed E-state index contributed by atoms with van der Waals surface area (Å²) < 4.78 is 32.0. The van der Waals surface area contributed by atoms with Crippen molar-refractivity contribution in [1.82, 2.24) is 4.98 Å². The number of hydrogen-bond donors (Lipinski definition) is 1. The van der Waals surface area contributed by atoms with Gasteiger partial charge >= 0.3 is 0 Å². The van der Waals surface area contributed by atoms with Crippen LogP contribution >= 0.6 is 11.6 Å². The van der Waals surface area contributed by atoms with Gasteiger partial charge in [0.15, 0.2) is 17.2 Å². The highest BCUT2D eigenvalue weighted by Crippen LogP contribution is 2.27. The van der Waals surface area contributed by atoms with E-state index >= 15 is 0 Å². The Balaban J connectivity index is 1.61. The third kappa shape index (κ3) is 3.52. The molecule has 0 aliphatic rings. The van der Waals surface area contributed by atoms with Gasteiger partial charge in [-0.25, -0.2) is 13.8 Å². The molecule has 1 N–H and O–H groups in total. The van der Waals surface area contributed by atoms with Gasteiger partial charge in [-0.3, -0.25) is 4.79 Å². The van der Waals surface area contributed by atoms with Crippen molar-refractivity contribution >= 4 is 34.3 Å². The van der Waals surface area contributed by atoms with Crippen molar-refractivity contribution in [2.45, 2.75) is 0 Å². The molecule has 27 heavy (non-hydrogen) atoms. The predicted octanol–water partition coefficient (Wildman–Crippen LogP) is 5.68. The molecule has 0 bridgehead atoms. The summed E-state index contributed by atoms with van der Waals surface area (Å²) in [5, 5.41) is 3.19. The molecule has 0 fully saturated rings. The van der Waals surface area contributed by atoms with E-state index in [1.807, 2.05) is 6.07 Å². The number of benzene rings is 3. The van der Waals surface area contributed by atoms with E-state index in [9.17, 15) is 13.6 Å². The van der Waals surface area contributed by atoms with Gasteiger partial charge in [-0.15, -0.1) is 0 Å². The van der Waals surface area contributed by atoms with Gasteiger partial charge in [-0.05, 0) is 54.6 Å². The molecule has 0 radical (unpaired) electrons. The number of nitrogens with one attached hydrogen (secondary N) is 1. The van der Waals surface area contributed by atoms with E-state index in [0.29, 0.717) is 27.7 Å². The zero-order valence-electron chi connectivity index (χ0n) is 13.7. The van der Waals surface area contributed by atoms with Crippen LogP contribution in [0.25, 0.3) is 22.6 Å². The molecule has 1 heterocycles. The van der Waals surface area contributed by atoms with Gasteiger partial charge in [0.1, 0.15) is 5.52 Å². The van der Waals surface area contributed by atoms with Crippen LogP contribution in [0.3, 0.4) is 0 Å². The van der Waals surface area contributed by atoms with Gasteiger partial charge in [-0.2, -0.15) is 0 Å². The van der Waals surface area contributed by atoms with Crippen molar-refractivity contribution in [3.63, 3.8) is 0 Å². The lowest BCUT2D eigenvalue weighted by atomic mass is 10.2. The summed E-state index contributed by atoms with van der Waals surface area (Å²) in [5.74, 6) is -2.26. The van der Waals surface area contributed by atoms with Crippen molar-refractivity contribution in [2.75, 3.05) is 5.32 Å². The van der Waals surface area contributed by atoms with Crippen molar-refractivity contribution in [3.05, 3.63) is 82.9 Å². The molecule has 0 aliphatic heterocycles. The Morgan fingerprint density at radius 2 is 1.85 bits per heavy atom. The van der Waals surface area contributed by atoms with E-state index in [0.717, 1.165) is 17.7 Å². The molecule has 0 spiro atoms. The van der Waals surface area contributed by atoms with Crippen LogP contribution in [0.5, 0.6) is 0 Å². The molecule has 0 saturated heterocycles. The van der Waals surface area contributed by atoms with Gasteiger partial charge in [0.25, 0.3) is 5.91 Å². The molecular weight excluding hydrogens is 374 g/mol. The van der Waals surface area contributed by atoms with E-state index in [2.05, 4.69) is 10.3 Å². The number of halogens is 3. The van der Waals surface area contributed by atoms with Crippen molar-refractivity contribution in [3.8, 4) is 11.5 Å². The number of oxazole rings is 1. The quantitative estimate of drug-likeness (QED) is 0.494. The second kappa shape index (κ2) is 6.81. The second-order valence-electron chi connectivity index (χ2n) is 5.79. The summed E-state index contributed by atoms with van der Waals surface area (Å²) in [4.78, 5) is 16.6. The Bertz CT molecular complexity index is 1170. The van der Waals surface area contributed by atoms with Crippen LogP contribution in [0.15, 0.2) is 65.1 Å². The highest BCUT2D eigenvalue weighted by molar-refractivity contribution is 6.30. The summed E-state index contributed by atoms with van der Waals surface area (Å²) in [6.07, 6.45) is 0. The Morgan fingerprint density at radius 1 is 1.00 bits per heavy atom. The zero-order chi connectivity index (χ0) is 19.0. The van der Waals surface area contributed by atoms with Crippen molar-refractivity contribution < 1.29 is 18.0 Å². The fourth-order valence-electron chi connectivity index (χ4n) is 2.59. The highest BCUT2D eigenvalue weighted by atomic mass is 35.5. The average molecular weight is 385 g/mol. The molecule has 4 aromatic rings. The number of amides is 1. The first-order chi connectivity index (χ1) is 13.0. The van der Waals surface area contributed by atoms with Crippen LogP contribution in [-0.4, -0.2) is 10.9 Å². The number of fused-ring (bicyclic) bond motifs is 1. The molecule has 7 heteroatoms. The minimum absolute atomic E-state index is 0.00812. The van der Waals surface area contributed by atoms with Gasteiger partial charge in [0.2, 0.25) is 5.89 Å². The van der Waals surface area contributed by atoms with Crippen molar-refractivity contribution in [1.29, 1.82) is 0 Å². The lowest BCUT2D eigenvalue weighted by Crippen LogP contribution is -2.12. The number of aromatic nitrogens is 1. The molecule has 0 atom stereocenters. The number of anilines is 1. The summed E-state index contributed by atoms with van der Waals surface area (Å²) in [6.45, 7) is 0. The standard InChI is InChI=1S/C20H11ClF2N2O2/c21-13-3-1-2-12(8-13)20-25-17-10-14(5-7-18(17)27-20)24-19(26)11-4-6-15(22)16(23)9-11/h1-10H,(H,24,26). The van der Waals surface area contributed by atoms with E-state index < -0.39 is 17.5 Å². The largest absolute Gasteiger partial charge is 0.436 e. The average Bonchev–Trinajstić information content (AvgIpc) is 3.07. The summed E-state index contributed by atoms with van der Waals surface area (Å²) >= 11 is 5.99. The molecular formula is C20H11ClF2N2O2. The Hall–Kier alpha value is -3.25. The molecule has 4 nitrogen and oxygen atoms in total. The van der Waals surface area contributed by atoms with E-state index in [1.54, 1.807) is 36.4 Å². The summed E-state index contributed by atoms with van der Waals surface area (Å²) in [5.41, 5.74) is 2.26. The Labute approximate surface area is 157 Å². The fourth-order valence-corrected chi connectivity index (χ4v) is 2.78. The first-order valence-corrected chi connectivity index (χ1v) is 8.30. The first-order valence-electron chi connectivity index (χ1n) is 7.92. The van der Waals surface area contributed by atoms with Gasteiger partial charge in [-0.1, -0.05) is 17.7 Å². The third-order valence-corrected chi connectivity index (χ3v) is 4.13. The van der Waals surface area contributed by atoms with Crippen LogP contribution < -0.4 is 5.32 Å². The maximum absolute atomic E-state index is 13.3. The molecule has 0 aliphatic carbocycles. The molecule has 0 unspecified atom stereocenters. The maximum Gasteiger partial charge on any atom is 0.255 e. The topological polar surface area (TPSA) is 55.1 Å². The molecule has 3 aromatic carbocycles. The normalized spacial score (nSPS) is 10.9. The maximum atomic E-state index is 13.3. The lowest BCUT2D eigenvalue weighted by molar-refractivity contribution is 0.102. The minimum atomic E-state index is -1.08. The number of carbonyl (C=O) groups is 1. The minimum Gasteiger partial charge on any atom is -0.436 e. The van der Waals surface area contributed by atoms with Crippen LogP contribution in [0, 0.1) is 11.6 Å². The SMILES string of the molecule is O=C(Nc1ccc2oc(-c3cccc(Cl)c3)nc2c1)c1ccc(F)c(F)c1. The molecule has 1 aromatic heterocycles. The van der Waals surface area contributed by atoms with Crippen LogP contribution in [0.4, 0.5) is 14.5 Å². The Morgan fingerprint density at radius 3 is 2.63 bits per heavy atom. The summed E-state index contributed by atoms with van der Waals surface area (Å²) in [7, 11) is 0. The number of rotatable bonds is 3. The van der Waals surface area contributed by atoms with Gasteiger partial charge in [0, 0.05) is 21.8 Å². The van der Waals surface area contributed by atoms with Crippen molar-refractivity contribution in [2.24, 2.45) is 0 Å². The first kappa shape index (κ1) is 17.2. The fraction of sp³-hybridized carbons (Fsp3) is 0. The number of carbonyl (C=O) groups excluding carboxylic acids is 1. The highest BCUT2D eigenvalue weighted by Gasteiger charge is 2.12. The van der Waals surface area contributed by atoms with Gasteiger partial charge in [0.05, 0.1) is 0 Å². The predicted molar refractivity (Wildman–Crippen MR) is 98.8 cm³/mol. The second-order valence-corrected chi connectivity index (χ2v) is 6.23. The van der Waals surface area contributed by atoms with E-state index in [4.69, 9.17) is 16.0 Å². The molecule has 4 rings (SSSR count). The molecule has 1 amide bonds.